The molecule has 2 aromatic carbocycles. The first-order valence-corrected chi connectivity index (χ1v) is 12.9. The molecule has 3 amide bonds. The van der Waals surface area contributed by atoms with Crippen LogP contribution in [0.4, 0.5) is 9.59 Å². The van der Waals surface area contributed by atoms with Gasteiger partial charge in [0.25, 0.3) is 5.91 Å². The van der Waals surface area contributed by atoms with E-state index in [-0.39, 0.29) is 31.0 Å². The summed E-state index contributed by atoms with van der Waals surface area (Å²) in [5.74, 6) is 0.557. The van der Waals surface area contributed by atoms with E-state index in [4.69, 9.17) is 14.5 Å². The molecular formula is C29H29N5O5. The highest BCUT2D eigenvalue weighted by Gasteiger charge is 2.58. The Hall–Kier alpha value is -4.47. The number of pyridine rings is 1. The number of carbonyl (C=O) groups excluding carboxylic acids is 3. The number of amides is 3. The molecule has 1 atom stereocenters. The molecule has 0 saturated carbocycles. The fourth-order valence-electron chi connectivity index (χ4n) is 5.69. The van der Waals surface area contributed by atoms with E-state index in [0.29, 0.717) is 25.5 Å². The van der Waals surface area contributed by atoms with Crippen LogP contribution in [-0.2, 0) is 14.3 Å². The zero-order chi connectivity index (χ0) is 27.1. The molecule has 0 bridgehead atoms. The number of amidine groups is 1. The fourth-order valence-corrected chi connectivity index (χ4v) is 5.69. The van der Waals surface area contributed by atoms with Crippen molar-refractivity contribution in [3.63, 3.8) is 0 Å². The van der Waals surface area contributed by atoms with Crippen molar-refractivity contribution in [2.45, 2.75) is 12.0 Å². The Kier molecular flexibility index (Phi) is 6.17. The molecule has 0 unspecified atom stereocenters. The number of fused-ring (bicyclic) bond motifs is 1. The number of likely N-dealkylation sites (tertiary alicyclic amines) is 2. The highest BCUT2D eigenvalue weighted by atomic mass is 16.5. The molecule has 10 heteroatoms. The maximum Gasteiger partial charge on any atom is 0.409 e. The monoisotopic (exact) mass is 527 g/mol. The van der Waals surface area contributed by atoms with Gasteiger partial charge in [0.2, 0.25) is 0 Å². The molecule has 3 aliphatic rings. The number of aromatic nitrogens is 1. The molecule has 200 valence electrons. The number of aliphatic imine (C=N–C) groups is 1. The number of benzene rings is 2. The van der Waals surface area contributed by atoms with Crippen molar-refractivity contribution < 1.29 is 23.9 Å². The van der Waals surface area contributed by atoms with Gasteiger partial charge in [0.15, 0.2) is 5.54 Å². The molecule has 1 aromatic heterocycles. The van der Waals surface area contributed by atoms with Crippen molar-refractivity contribution in [3.8, 4) is 11.1 Å². The van der Waals surface area contributed by atoms with Crippen molar-refractivity contribution in [1.29, 1.82) is 0 Å². The summed E-state index contributed by atoms with van der Waals surface area (Å²) in [6.07, 6.45) is 1.72. The second-order valence-corrected chi connectivity index (χ2v) is 10.3. The van der Waals surface area contributed by atoms with Crippen LogP contribution in [0.25, 0.3) is 22.0 Å². The number of rotatable bonds is 4. The lowest BCUT2D eigenvalue weighted by molar-refractivity contribution is -0.136. The summed E-state index contributed by atoms with van der Waals surface area (Å²) in [5, 5.41) is 1.08. The highest BCUT2D eigenvalue weighted by molar-refractivity contribution is 6.16. The van der Waals surface area contributed by atoms with Gasteiger partial charge in [-0.05, 0) is 35.6 Å². The molecule has 39 heavy (non-hydrogen) atoms. The van der Waals surface area contributed by atoms with Crippen molar-refractivity contribution >= 4 is 34.8 Å². The molecule has 4 heterocycles. The number of carbonyl (C=O) groups is 3. The minimum Gasteiger partial charge on any atom is -0.453 e. The van der Waals surface area contributed by atoms with E-state index in [9.17, 15) is 14.4 Å². The molecule has 6 rings (SSSR count). The molecule has 10 nitrogen and oxygen atoms in total. The second kappa shape index (κ2) is 9.68. The lowest BCUT2D eigenvalue weighted by atomic mass is 9.90. The predicted octanol–water partition coefficient (Wildman–Crippen LogP) is 3.40. The minimum atomic E-state index is -1.01. The van der Waals surface area contributed by atoms with E-state index >= 15 is 0 Å². The van der Waals surface area contributed by atoms with Crippen molar-refractivity contribution in [2.24, 2.45) is 10.9 Å². The smallest absolute Gasteiger partial charge is 0.409 e. The molecule has 0 aliphatic carbocycles. The Bertz CT molecular complexity index is 1480. The number of hydrogen-bond acceptors (Lipinski definition) is 7. The average molecular weight is 528 g/mol. The zero-order valence-electron chi connectivity index (χ0n) is 21.9. The lowest BCUT2D eigenvalue weighted by Gasteiger charge is -2.43. The van der Waals surface area contributed by atoms with Gasteiger partial charge in [0.1, 0.15) is 5.84 Å². The first-order valence-electron chi connectivity index (χ1n) is 12.9. The maximum absolute atomic E-state index is 13.7. The summed E-state index contributed by atoms with van der Waals surface area (Å²) in [4.78, 5) is 52.0. The van der Waals surface area contributed by atoms with Gasteiger partial charge >= 0.3 is 12.2 Å². The molecule has 3 aromatic rings. The van der Waals surface area contributed by atoms with Gasteiger partial charge in [0, 0.05) is 36.8 Å². The van der Waals surface area contributed by atoms with Crippen LogP contribution in [0.15, 0.2) is 65.8 Å². The average Bonchev–Trinajstić information content (AvgIpc) is 3.54. The SMILES string of the molecule is COC(=O)N1CC[C@@H](CN2C(=O)C3(CN(C(=O)OC)C3)N=C2c2ccc(-c3ccc4cccnc4c3)cc2)C1. The van der Waals surface area contributed by atoms with Crippen LogP contribution in [0, 0.1) is 5.92 Å². The van der Waals surface area contributed by atoms with E-state index in [2.05, 4.69) is 23.2 Å². The van der Waals surface area contributed by atoms with Crippen LogP contribution in [0.2, 0.25) is 0 Å². The summed E-state index contributed by atoms with van der Waals surface area (Å²) in [6.45, 7) is 1.89. The Morgan fingerprint density at radius 1 is 0.949 bits per heavy atom. The van der Waals surface area contributed by atoms with Gasteiger partial charge in [-0.3, -0.25) is 14.7 Å². The quantitative estimate of drug-likeness (QED) is 0.515. The van der Waals surface area contributed by atoms with Crippen LogP contribution in [0.5, 0.6) is 0 Å². The van der Waals surface area contributed by atoms with Gasteiger partial charge in [0.05, 0.1) is 32.8 Å². The third kappa shape index (κ3) is 4.35. The van der Waals surface area contributed by atoms with Gasteiger partial charge in [-0.25, -0.2) is 14.6 Å². The third-order valence-electron chi connectivity index (χ3n) is 7.80. The molecule has 0 N–H and O–H groups in total. The number of methoxy groups -OCH3 is 2. The van der Waals surface area contributed by atoms with E-state index in [0.717, 1.165) is 34.0 Å². The standard InChI is InChI=1S/C29H29N5O5/c1-38-27(36)32-13-11-19(15-32)16-34-25(31-29(26(34)35)17-33(18-29)28(37)39-2)22-8-5-20(6-9-22)23-10-7-21-4-3-12-30-24(21)14-23/h3-10,12,14,19H,11,13,15-18H2,1-2H3/t19-/m1/s1. The number of hydrogen-bond donors (Lipinski definition) is 0. The maximum atomic E-state index is 13.7. The number of ether oxygens (including phenoxy) is 2. The molecule has 2 fully saturated rings. The third-order valence-corrected chi connectivity index (χ3v) is 7.80. The van der Waals surface area contributed by atoms with Crippen LogP contribution < -0.4 is 0 Å². The van der Waals surface area contributed by atoms with Crippen molar-refractivity contribution in [2.75, 3.05) is 46.9 Å². The van der Waals surface area contributed by atoms with E-state index in [1.807, 2.05) is 36.4 Å². The highest BCUT2D eigenvalue weighted by Crippen LogP contribution is 2.36. The second-order valence-electron chi connectivity index (χ2n) is 10.3. The minimum absolute atomic E-state index is 0.0922. The zero-order valence-corrected chi connectivity index (χ0v) is 21.9. The summed E-state index contributed by atoms with van der Waals surface area (Å²) in [5.41, 5.74) is 2.82. The Morgan fingerprint density at radius 3 is 2.38 bits per heavy atom. The Labute approximate surface area is 225 Å². The van der Waals surface area contributed by atoms with Gasteiger partial charge in [-0.2, -0.15) is 0 Å². The first kappa shape index (κ1) is 24.8. The first-order chi connectivity index (χ1) is 18.9. The molecular weight excluding hydrogens is 498 g/mol. The summed E-state index contributed by atoms with van der Waals surface area (Å²) < 4.78 is 9.69. The molecule has 3 aliphatic heterocycles. The fraction of sp³-hybridized carbons (Fsp3) is 0.345. The largest absolute Gasteiger partial charge is 0.453 e. The van der Waals surface area contributed by atoms with Gasteiger partial charge in [-0.15, -0.1) is 0 Å². The van der Waals surface area contributed by atoms with E-state index < -0.39 is 11.6 Å². The van der Waals surface area contributed by atoms with Crippen LogP contribution >= 0.6 is 0 Å². The normalized spacial score (nSPS) is 19.8. The van der Waals surface area contributed by atoms with Gasteiger partial charge in [-0.1, -0.05) is 42.5 Å². The van der Waals surface area contributed by atoms with Crippen LogP contribution in [0.1, 0.15) is 12.0 Å². The predicted molar refractivity (Wildman–Crippen MR) is 144 cm³/mol. The topological polar surface area (TPSA) is 105 Å². The van der Waals surface area contributed by atoms with Crippen LogP contribution in [0.3, 0.4) is 0 Å². The Morgan fingerprint density at radius 2 is 1.64 bits per heavy atom. The lowest BCUT2D eigenvalue weighted by Crippen LogP contribution is -2.66. The van der Waals surface area contributed by atoms with Crippen molar-refractivity contribution in [1.82, 2.24) is 19.7 Å². The summed E-state index contributed by atoms with van der Waals surface area (Å²) in [6, 6.07) is 18.1. The molecule has 0 radical (unpaired) electrons. The van der Waals surface area contributed by atoms with Crippen molar-refractivity contribution in [3.05, 3.63) is 66.4 Å². The summed E-state index contributed by atoms with van der Waals surface area (Å²) in [7, 11) is 2.70. The van der Waals surface area contributed by atoms with Crippen LogP contribution in [-0.4, -0.2) is 96.1 Å². The Balaban J connectivity index is 1.27. The van der Waals surface area contributed by atoms with Gasteiger partial charge < -0.3 is 19.3 Å². The molecule has 1 spiro atoms. The summed E-state index contributed by atoms with van der Waals surface area (Å²) >= 11 is 0. The number of nitrogens with zero attached hydrogens (tertiary/aromatic N) is 5. The van der Waals surface area contributed by atoms with E-state index in [1.165, 1.54) is 19.1 Å². The van der Waals surface area contributed by atoms with E-state index in [1.54, 1.807) is 16.0 Å². The molecule has 2 saturated heterocycles.